The second-order valence-corrected chi connectivity index (χ2v) is 6.83. The molecule has 1 saturated heterocycles. The number of rotatable bonds is 8. The van der Waals surface area contributed by atoms with E-state index in [4.69, 9.17) is 4.74 Å². The van der Waals surface area contributed by atoms with Crippen molar-refractivity contribution in [2.75, 3.05) is 26.8 Å². The number of nitrogens with one attached hydrogen (secondary N) is 1. The summed E-state index contributed by atoms with van der Waals surface area (Å²) in [5.41, 5.74) is 0. The Morgan fingerprint density at radius 1 is 1.33 bits per heavy atom. The molecule has 0 aliphatic carbocycles. The summed E-state index contributed by atoms with van der Waals surface area (Å²) in [7, 11) is -1.77. The molecule has 8 nitrogen and oxygen atoms in total. The van der Waals surface area contributed by atoms with Gasteiger partial charge in [-0.3, -0.25) is 0 Å². The zero-order chi connectivity index (χ0) is 15.1. The van der Waals surface area contributed by atoms with Crippen molar-refractivity contribution >= 4 is 10.2 Å². The fraction of sp³-hybridized carbons (Fsp3) is 0.833. The third-order valence-corrected chi connectivity index (χ3v) is 5.06. The SMILES string of the molecule is COCCCn1cnnc1CNS(=O)(=O)N1CCCCC1. The number of aromatic nitrogens is 3. The lowest BCUT2D eigenvalue weighted by Crippen LogP contribution is -2.43. The first kappa shape index (κ1) is 16.3. The van der Waals surface area contributed by atoms with Crippen LogP contribution in [0, 0.1) is 0 Å². The molecule has 1 N–H and O–H groups in total. The number of nitrogens with zero attached hydrogens (tertiary/aromatic N) is 4. The Bertz CT molecular complexity index is 525. The van der Waals surface area contributed by atoms with Crippen LogP contribution in [0.4, 0.5) is 0 Å². The van der Waals surface area contributed by atoms with E-state index in [1.165, 1.54) is 4.31 Å². The van der Waals surface area contributed by atoms with Crippen LogP contribution in [0.5, 0.6) is 0 Å². The van der Waals surface area contributed by atoms with E-state index in [9.17, 15) is 8.42 Å². The Balaban J connectivity index is 1.88. The van der Waals surface area contributed by atoms with Crippen LogP contribution in [0.25, 0.3) is 0 Å². The summed E-state index contributed by atoms with van der Waals surface area (Å²) in [5, 5.41) is 7.81. The Hall–Kier alpha value is -1.03. The number of methoxy groups -OCH3 is 1. The second kappa shape index (κ2) is 7.83. The zero-order valence-corrected chi connectivity index (χ0v) is 13.2. The maximum atomic E-state index is 12.2. The summed E-state index contributed by atoms with van der Waals surface area (Å²) >= 11 is 0. The first-order chi connectivity index (χ1) is 10.1. The van der Waals surface area contributed by atoms with Gasteiger partial charge in [-0.05, 0) is 19.3 Å². The largest absolute Gasteiger partial charge is 0.385 e. The molecule has 1 aromatic rings. The molecule has 1 fully saturated rings. The van der Waals surface area contributed by atoms with E-state index in [1.807, 2.05) is 4.57 Å². The van der Waals surface area contributed by atoms with Gasteiger partial charge in [0.25, 0.3) is 10.2 Å². The molecule has 0 aromatic carbocycles. The lowest BCUT2D eigenvalue weighted by Gasteiger charge is -2.25. The Morgan fingerprint density at radius 2 is 2.10 bits per heavy atom. The fourth-order valence-corrected chi connectivity index (χ4v) is 3.57. The van der Waals surface area contributed by atoms with Crippen molar-refractivity contribution in [2.24, 2.45) is 0 Å². The molecule has 0 unspecified atom stereocenters. The van der Waals surface area contributed by atoms with Crippen molar-refractivity contribution in [3.05, 3.63) is 12.2 Å². The van der Waals surface area contributed by atoms with E-state index >= 15 is 0 Å². The lowest BCUT2D eigenvalue weighted by atomic mass is 10.2. The van der Waals surface area contributed by atoms with Gasteiger partial charge in [-0.15, -0.1) is 10.2 Å². The average molecular weight is 317 g/mol. The molecule has 1 aliphatic heterocycles. The molecule has 0 amide bonds. The van der Waals surface area contributed by atoms with Crippen molar-refractivity contribution in [3.63, 3.8) is 0 Å². The van der Waals surface area contributed by atoms with E-state index in [2.05, 4.69) is 14.9 Å². The van der Waals surface area contributed by atoms with E-state index in [0.29, 0.717) is 32.1 Å². The predicted molar refractivity (Wildman–Crippen MR) is 77.7 cm³/mol. The summed E-state index contributed by atoms with van der Waals surface area (Å²) in [6.45, 7) is 2.70. The molecule has 0 saturated carbocycles. The highest BCUT2D eigenvalue weighted by atomic mass is 32.2. The highest BCUT2D eigenvalue weighted by molar-refractivity contribution is 7.87. The fourth-order valence-electron chi connectivity index (χ4n) is 2.33. The third kappa shape index (κ3) is 4.73. The minimum Gasteiger partial charge on any atom is -0.385 e. The number of piperidine rings is 1. The van der Waals surface area contributed by atoms with Crippen LogP contribution in [-0.2, 0) is 28.0 Å². The minimum absolute atomic E-state index is 0.159. The molecule has 1 aliphatic rings. The Morgan fingerprint density at radius 3 is 2.81 bits per heavy atom. The van der Waals surface area contributed by atoms with E-state index < -0.39 is 10.2 Å². The monoisotopic (exact) mass is 317 g/mol. The number of hydrogen-bond donors (Lipinski definition) is 1. The van der Waals surface area contributed by atoms with Crippen molar-refractivity contribution in [1.29, 1.82) is 0 Å². The highest BCUT2D eigenvalue weighted by Crippen LogP contribution is 2.12. The molecule has 0 bridgehead atoms. The number of hydrogen-bond acceptors (Lipinski definition) is 5. The van der Waals surface area contributed by atoms with Crippen LogP contribution in [-0.4, -0.2) is 54.3 Å². The van der Waals surface area contributed by atoms with Gasteiger partial charge < -0.3 is 9.30 Å². The lowest BCUT2D eigenvalue weighted by molar-refractivity contribution is 0.190. The Kier molecular flexibility index (Phi) is 6.09. The zero-order valence-electron chi connectivity index (χ0n) is 12.4. The standard InChI is InChI=1S/C12H23N5O3S/c1-20-9-5-6-16-11-13-15-12(16)10-14-21(18,19)17-7-3-2-4-8-17/h11,14H,2-10H2,1H3. The first-order valence-electron chi connectivity index (χ1n) is 7.24. The highest BCUT2D eigenvalue weighted by Gasteiger charge is 2.23. The predicted octanol–water partition coefficient (Wildman–Crippen LogP) is 0.135. The van der Waals surface area contributed by atoms with Crippen molar-refractivity contribution in [3.8, 4) is 0 Å². The van der Waals surface area contributed by atoms with E-state index in [-0.39, 0.29) is 6.54 Å². The average Bonchev–Trinajstić information content (AvgIpc) is 2.94. The van der Waals surface area contributed by atoms with Crippen LogP contribution in [0.1, 0.15) is 31.5 Å². The van der Waals surface area contributed by atoms with Crippen molar-refractivity contribution in [1.82, 2.24) is 23.8 Å². The van der Waals surface area contributed by atoms with Crippen LogP contribution in [0.15, 0.2) is 6.33 Å². The van der Waals surface area contributed by atoms with Gasteiger partial charge in [-0.25, -0.2) is 0 Å². The summed E-state index contributed by atoms with van der Waals surface area (Å²) in [6, 6.07) is 0. The van der Waals surface area contributed by atoms with Gasteiger partial charge >= 0.3 is 0 Å². The summed E-state index contributed by atoms with van der Waals surface area (Å²) < 4.78 is 35.3. The molecule has 9 heteroatoms. The molecule has 0 radical (unpaired) electrons. The van der Waals surface area contributed by atoms with Gasteiger partial charge in [-0.2, -0.15) is 17.4 Å². The van der Waals surface area contributed by atoms with Crippen LogP contribution in [0.2, 0.25) is 0 Å². The maximum absolute atomic E-state index is 12.2. The molecule has 2 heterocycles. The van der Waals surface area contributed by atoms with Crippen LogP contribution >= 0.6 is 0 Å². The summed E-state index contributed by atoms with van der Waals surface area (Å²) in [4.78, 5) is 0. The van der Waals surface area contributed by atoms with Crippen molar-refractivity contribution < 1.29 is 13.2 Å². The molecule has 0 spiro atoms. The molecular formula is C12H23N5O3S. The van der Waals surface area contributed by atoms with Crippen LogP contribution < -0.4 is 4.72 Å². The van der Waals surface area contributed by atoms with Gasteiger partial charge in [0.1, 0.15) is 12.2 Å². The van der Waals surface area contributed by atoms with Crippen molar-refractivity contribution in [2.45, 2.75) is 38.8 Å². The summed E-state index contributed by atoms with van der Waals surface area (Å²) in [5.74, 6) is 0.617. The van der Waals surface area contributed by atoms with Crippen LogP contribution in [0.3, 0.4) is 0 Å². The van der Waals surface area contributed by atoms with Gasteiger partial charge in [0.05, 0.1) is 6.54 Å². The summed E-state index contributed by atoms with van der Waals surface area (Å²) in [6.07, 6.45) is 5.39. The van der Waals surface area contributed by atoms with Gasteiger partial charge in [-0.1, -0.05) is 6.42 Å². The maximum Gasteiger partial charge on any atom is 0.279 e. The van der Waals surface area contributed by atoms with Gasteiger partial charge in [0.15, 0.2) is 0 Å². The first-order valence-corrected chi connectivity index (χ1v) is 8.68. The number of ether oxygens (including phenoxy) is 1. The molecular weight excluding hydrogens is 294 g/mol. The second-order valence-electron chi connectivity index (χ2n) is 5.07. The molecule has 21 heavy (non-hydrogen) atoms. The Labute approximate surface area is 125 Å². The molecule has 2 rings (SSSR count). The molecule has 0 atom stereocenters. The van der Waals surface area contributed by atoms with E-state index in [0.717, 1.165) is 25.7 Å². The minimum atomic E-state index is -3.42. The topological polar surface area (TPSA) is 89.3 Å². The van der Waals surface area contributed by atoms with E-state index in [1.54, 1.807) is 13.4 Å². The third-order valence-electron chi connectivity index (χ3n) is 3.51. The normalized spacial score (nSPS) is 17.2. The number of aryl methyl sites for hydroxylation is 1. The quantitative estimate of drug-likeness (QED) is 0.689. The van der Waals surface area contributed by atoms with Gasteiger partial charge in [0, 0.05) is 33.4 Å². The van der Waals surface area contributed by atoms with Gasteiger partial charge in [0.2, 0.25) is 0 Å². The molecule has 120 valence electrons. The smallest absolute Gasteiger partial charge is 0.279 e. The molecule has 1 aromatic heterocycles.